The summed E-state index contributed by atoms with van der Waals surface area (Å²) < 4.78 is 0. The van der Waals surface area contributed by atoms with Crippen molar-refractivity contribution in [1.29, 1.82) is 0 Å². The van der Waals surface area contributed by atoms with Crippen molar-refractivity contribution in [2.75, 3.05) is 0 Å². The molecule has 1 heteroatoms. The van der Waals surface area contributed by atoms with Crippen LogP contribution < -0.4 is 0 Å². The van der Waals surface area contributed by atoms with Crippen molar-refractivity contribution in [2.45, 2.75) is 32.3 Å². The Balaban J connectivity index is 0.00000109. The molecule has 2 atom stereocenters. The van der Waals surface area contributed by atoms with E-state index in [0.29, 0.717) is 6.42 Å². The first-order chi connectivity index (χ1) is 12.3. The molecule has 0 aliphatic heterocycles. The van der Waals surface area contributed by atoms with E-state index in [1.54, 1.807) is 0 Å². The largest absolute Gasteiger partial charge is 0.370 e. The summed E-state index contributed by atoms with van der Waals surface area (Å²) in [4.78, 5) is 0. The lowest BCUT2D eigenvalue weighted by molar-refractivity contribution is 0.138. The molecule has 128 valence electrons. The van der Waals surface area contributed by atoms with Crippen LogP contribution in [-0.2, 0) is 5.60 Å². The van der Waals surface area contributed by atoms with Crippen LogP contribution in [0.4, 0.5) is 0 Å². The number of hydrogen-bond donors (Lipinski definition) is 1. The van der Waals surface area contributed by atoms with E-state index in [0.717, 1.165) is 17.6 Å². The van der Waals surface area contributed by atoms with Crippen LogP contribution in [0.5, 0.6) is 0 Å². The summed E-state index contributed by atoms with van der Waals surface area (Å²) in [6.07, 6.45) is 19.8. The third kappa shape index (κ3) is 4.95. The summed E-state index contributed by atoms with van der Waals surface area (Å²) in [5, 5.41) is 11.4. The molecule has 0 fully saturated rings. The van der Waals surface area contributed by atoms with Gasteiger partial charge in [0.15, 0.2) is 5.60 Å². The summed E-state index contributed by atoms with van der Waals surface area (Å²) >= 11 is 0. The topological polar surface area (TPSA) is 20.2 Å². The van der Waals surface area contributed by atoms with Gasteiger partial charge in [-0.3, -0.25) is 0 Å². The maximum atomic E-state index is 11.4. The molecule has 3 rings (SSSR count). The molecule has 1 aromatic carbocycles. The first kappa shape index (κ1) is 18.8. The first-order valence-corrected chi connectivity index (χ1v) is 8.96. The minimum absolute atomic E-state index is 0.160. The lowest BCUT2D eigenvalue weighted by Crippen LogP contribution is -2.26. The Bertz CT molecular complexity index is 750. The molecule has 25 heavy (non-hydrogen) atoms. The van der Waals surface area contributed by atoms with Crippen LogP contribution in [-0.4, -0.2) is 5.11 Å². The van der Waals surface area contributed by atoms with E-state index >= 15 is 0 Å². The lowest BCUT2D eigenvalue weighted by Gasteiger charge is -2.26. The third-order valence-electron chi connectivity index (χ3n) is 4.07. The molecule has 1 aromatic rings. The van der Waals surface area contributed by atoms with E-state index in [-0.39, 0.29) is 5.92 Å². The van der Waals surface area contributed by atoms with Crippen LogP contribution in [0, 0.1) is 17.8 Å². The highest BCUT2D eigenvalue weighted by molar-refractivity contribution is 5.45. The molecule has 1 N–H and O–H groups in total. The number of hydrogen-bond acceptors (Lipinski definition) is 1. The summed E-state index contributed by atoms with van der Waals surface area (Å²) in [6, 6.07) is 9.70. The molecule has 0 saturated carbocycles. The highest BCUT2D eigenvalue weighted by Crippen LogP contribution is 2.32. The van der Waals surface area contributed by atoms with Crippen LogP contribution in [0.1, 0.15) is 32.3 Å². The second-order valence-corrected chi connectivity index (χ2v) is 5.71. The predicted octanol–water partition coefficient (Wildman–Crippen LogP) is 5.48. The summed E-state index contributed by atoms with van der Waals surface area (Å²) in [5.41, 5.74) is 0.462. The van der Waals surface area contributed by atoms with E-state index in [4.69, 9.17) is 0 Å². The van der Waals surface area contributed by atoms with E-state index in [2.05, 4.69) is 24.0 Å². The van der Waals surface area contributed by atoms with E-state index in [1.165, 1.54) is 0 Å². The normalized spacial score (nSPS) is 20.3. The van der Waals surface area contributed by atoms with E-state index in [9.17, 15) is 5.11 Å². The zero-order valence-corrected chi connectivity index (χ0v) is 15.0. The maximum absolute atomic E-state index is 11.4. The van der Waals surface area contributed by atoms with Gasteiger partial charge in [-0.05, 0) is 18.4 Å². The van der Waals surface area contributed by atoms with Crippen molar-refractivity contribution in [2.24, 2.45) is 5.92 Å². The Kier molecular flexibility index (Phi) is 7.26. The van der Waals surface area contributed by atoms with Gasteiger partial charge in [-0.15, -0.1) is 0 Å². The molecule has 0 radical (unpaired) electrons. The average Bonchev–Trinajstić information content (AvgIpc) is 2.99. The van der Waals surface area contributed by atoms with Crippen molar-refractivity contribution in [1.82, 2.24) is 0 Å². The van der Waals surface area contributed by atoms with Gasteiger partial charge in [0.1, 0.15) is 0 Å². The number of allylic oxidation sites excluding steroid dienone is 9. The van der Waals surface area contributed by atoms with Gasteiger partial charge in [-0.1, -0.05) is 111 Å². The van der Waals surface area contributed by atoms with E-state index in [1.807, 2.05) is 86.7 Å². The average molecular weight is 330 g/mol. The minimum atomic E-state index is -1.25. The Morgan fingerprint density at radius 2 is 1.72 bits per heavy atom. The quantitative estimate of drug-likeness (QED) is 0.712. The molecule has 0 spiro atoms. The fourth-order valence-electron chi connectivity index (χ4n) is 2.75. The van der Waals surface area contributed by atoms with Crippen molar-refractivity contribution in [3.63, 3.8) is 0 Å². The van der Waals surface area contributed by atoms with Crippen molar-refractivity contribution < 1.29 is 5.11 Å². The molecule has 2 aliphatic carbocycles. The SMILES string of the molecule is CC.OC(C#CC1C=CC=CC1)(C1=CC=CC=CC1)c1ccccc1. The predicted molar refractivity (Wildman–Crippen MR) is 107 cm³/mol. The van der Waals surface area contributed by atoms with Crippen molar-refractivity contribution in [3.8, 4) is 11.8 Å². The monoisotopic (exact) mass is 330 g/mol. The molecule has 1 nitrogen and oxygen atoms in total. The molecular weight excluding hydrogens is 304 g/mol. The van der Waals surface area contributed by atoms with Gasteiger partial charge in [0.25, 0.3) is 0 Å². The molecule has 0 heterocycles. The van der Waals surface area contributed by atoms with Crippen LogP contribution in [0.15, 0.2) is 90.6 Å². The molecule has 0 aromatic heterocycles. The zero-order valence-electron chi connectivity index (χ0n) is 15.0. The Morgan fingerprint density at radius 3 is 2.44 bits per heavy atom. The Hall–Kier alpha value is -2.56. The van der Waals surface area contributed by atoms with Gasteiger partial charge < -0.3 is 5.11 Å². The smallest absolute Gasteiger partial charge is 0.173 e. The lowest BCUT2D eigenvalue weighted by atomic mass is 9.84. The van der Waals surface area contributed by atoms with Crippen LogP contribution in [0.3, 0.4) is 0 Å². The second kappa shape index (κ2) is 9.67. The fourth-order valence-corrected chi connectivity index (χ4v) is 2.75. The van der Waals surface area contributed by atoms with Gasteiger partial charge in [-0.25, -0.2) is 0 Å². The Labute approximate surface area is 151 Å². The van der Waals surface area contributed by atoms with Crippen LogP contribution in [0.2, 0.25) is 0 Å². The standard InChI is InChI=1S/C22H20O.C2H6/c23-22(21-15-9-4-10-16-21,20-13-7-1-2-8-14-20)18-17-19-11-5-3-6-12-19;1-2/h1-11,13,15-16,19,23H,12,14H2;1-2H3. The van der Waals surface area contributed by atoms with Crippen molar-refractivity contribution in [3.05, 3.63) is 96.2 Å². The molecule has 0 amide bonds. The van der Waals surface area contributed by atoms with E-state index < -0.39 is 5.60 Å². The highest BCUT2D eigenvalue weighted by atomic mass is 16.3. The molecule has 2 unspecified atom stereocenters. The number of rotatable bonds is 2. The van der Waals surface area contributed by atoms with Gasteiger partial charge in [0.2, 0.25) is 0 Å². The fraction of sp³-hybridized carbons (Fsp3) is 0.250. The molecular formula is C24H26O. The minimum Gasteiger partial charge on any atom is -0.370 e. The van der Waals surface area contributed by atoms with Crippen LogP contribution in [0.25, 0.3) is 0 Å². The first-order valence-electron chi connectivity index (χ1n) is 8.96. The van der Waals surface area contributed by atoms with Gasteiger partial charge in [0.05, 0.1) is 0 Å². The third-order valence-corrected chi connectivity index (χ3v) is 4.07. The van der Waals surface area contributed by atoms with Gasteiger partial charge in [0, 0.05) is 11.5 Å². The number of aliphatic hydroxyl groups is 1. The molecule has 0 bridgehead atoms. The summed E-state index contributed by atoms with van der Waals surface area (Å²) in [5.74, 6) is 6.58. The Morgan fingerprint density at radius 1 is 0.960 bits per heavy atom. The molecule has 2 aliphatic rings. The van der Waals surface area contributed by atoms with Crippen molar-refractivity contribution >= 4 is 0 Å². The summed E-state index contributed by atoms with van der Waals surface area (Å²) in [6.45, 7) is 4.00. The highest BCUT2D eigenvalue weighted by Gasteiger charge is 2.31. The number of benzene rings is 1. The van der Waals surface area contributed by atoms with Gasteiger partial charge in [-0.2, -0.15) is 0 Å². The molecule has 0 saturated heterocycles. The summed E-state index contributed by atoms with van der Waals surface area (Å²) in [7, 11) is 0. The maximum Gasteiger partial charge on any atom is 0.173 e. The van der Waals surface area contributed by atoms with Crippen LogP contribution >= 0.6 is 0 Å². The van der Waals surface area contributed by atoms with Gasteiger partial charge >= 0.3 is 0 Å². The zero-order chi connectivity index (χ0) is 18.0. The second-order valence-electron chi connectivity index (χ2n) is 5.71.